The predicted molar refractivity (Wildman–Crippen MR) is 204 cm³/mol. The van der Waals surface area contributed by atoms with Crippen molar-refractivity contribution in [2.24, 2.45) is 4.99 Å². The molecule has 3 aromatic rings. The number of rotatable bonds is 19. The van der Waals surface area contributed by atoms with Crippen LogP contribution in [0.3, 0.4) is 0 Å². The van der Waals surface area contributed by atoms with E-state index in [4.69, 9.17) is 41.6 Å². The topological polar surface area (TPSA) is 169 Å². The van der Waals surface area contributed by atoms with E-state index in [-0.39, 0.29) is 33.3 Å². The number of unbranched alkanes of at least 4 members (excludes halogenated alkanes) is 1. The van der Waals surface area contributed by atoms with E-state index >= 15 is 0 Å². The zero-order valence-corrected chi connectivity index (χ0v) is 33.0. The number of thiol groups is 1. The van der Waals surface area contributed by atoms with Gasteiger partial charge < -0.3 is 0 Å². The number of carbonyl (C=O) groups is 2. The summed E-state index contributed by atoms with van der Waals surface area (Å²) in [7, 11) is -1.45. The first-order chi connectivity index (χ1) is 23.9. The van der Waals surface area contributed by atoms with Gasteiger partial charge in [0.25, 0.3) is 0 Å². The van der Waals surface area contributed by atoms with Crippen LogP contribution < -0.4 is 18.9 Å². The van der Waals surface area contributed by atoms with Crippen LogP contribution in [-0.2, 0) is 44.7 Å². The summed E-state index contributed by atoms with van der Waals surface area (Å²) in [6, 6.07) is 13.0. The Morgan fingerprint density at radius 3 is 2.28 bits per heavy atom. The molecule has 50 heavy (non-hydrogen) atoms. The van der Waals surface area contributed by atoms with Crippen LogP contribution in [0, 0.1) is 0 Å². The molecule has 1 aromatic heterocycles. The molecule has 0 aliphatic heterocycles. The first-order valence-electron chi connectivity index (χ1n) is 14.3. The second-order valence-electron chi connectivity index (χ2n) is 10.1. The Morgan fingerprint density at radius 2 is 1.72 bits per heavy atom. The minimum absolute atomic E-state index is 0.121. The summed E-state index contributed by atoms with van der Waals surface area (Å²) in [4.78, 5) is 40.9. The van der Waals surface area contributed by atoms with Gasteiger partial charge >= 0.3 is 245 Å². The molecule has 14 nitrogen and oxygen atoms in total. The van der Waals surface area contributed by atoms with Crippen LogP contribution in [0.15, 0.2) is 57.9 Å². The van der Waals surface area contributed by atoms with Crippen molar-refractivity contribution in [3.05, 3.63) is 63.1 Å². The summed E-state index contributed by atoms with van der Waals surface area (Å²) < 4.78 is 50.0. The Morgan fingerprint density at radius 1 is 1.08 bits per heavy atom. The number of hydrogen-bond donors (Lipinski definition) is 4. The number of nitrogens with one attached hydrogen (secondary N) is 2. The van der Waals surface area contributed by atoms with E-state index in [1.165, 1.54) is 14.2 Å². The molecule has 1 heterocycles. The number of amides is 2. The third-order valence-corrected chi connectivity index (χ3v) is 12.0. The van der Waals surface area contributed by atoms with Gasteiger partial charge in [0.2, 0.25) is 0 Å². The number of nitrogens with zero attached hydrogens (tertiary/aromatic N) is 3. The molecule has 0 fully saturated rings. The van der Waals surface area contributed by atoms with E-state index in [1.807, 2.05) is 36.4 Å². The number of carbonyl (C=O) groups excluding carboxylic acids is 2. The molecule has 0 bridgehead atoms. The summed E-state index contributed by atoms with van der Waals surface area (Å²) in [5.41, 5.74) is 4.65. The van der Waals surface area contributed by atoms with Gasteiger partial charge in [-0.2, -0.15) is 0 Å². The molecule has 3 N–H and O–H groups in total. The van der Waals surface area contributed by atoms with Gasteiger partial charge in [0.1, 0.15) is 0 Å². The first-order valence-corrected chi connectivity index (χ1v) is 20.4. The van der Waals surface area contributed by atoms with Crippen molar-refractivity contribution < 1.29 is 45.6 Å². The van der Waals surface area contributed by atoms with Gasteiger partial charge in [-0.3, -0.25) is 19.0 Å². The summed E-state index contributed by atoms with van der Waals surface area (Å²) >= 11 is 16.5. The van der Waals surface area contributed by atoms with E-state index in [1.54, 1.807) is 17.0 Å². The number of fused-ring (bicyclic) bond motifs is 1. The molecular weight excluding hydrogens is 834 g/mol. The number of benzene rings is 2. The molecule has 1 aliphatic rings. The Labute approximate surface area is 319 Å². The van der Waals surface area contributed by atoms with Gasteiger partial charge in [0.05, 0.1) is 14.2 Å². The number of hydrogen-bond acceptors (Lipinski definition) is 15. The number of anilines is 1. The van der Waals surface area contributed by atoms with E-state index in [2.05, 4.69) is 42.6 Å². The summed E-state index contributed by atoms with van der Waals surface area (Å²) in [6.07, 6.45) is 2.86. The third-order valence-electron chi connectivity index (χ3n) is 6.86. The quantitative estimate of drug-likeness (QED) is 0.0111. The predicted octanol–water partition coefficient (Wildman–Crippen LogP) is 4.02. The number of aromatic nitrogens is 1. The van der Waals surface area contributed by atoms with Gasteiger partial charge in [-0.05, 0) is 0 Å². The number of aryl methyl sites for hydroxylation is 1. The van der Waals surface area contributed by atoms with Gasteiger partial charge in [0, 0.05) is 0 Å². The van der Waals surface area contributed by atoms with Crippen molar-refractivity contribution in [1.82, 2.24) is 9.44 Å². The normalized spacial score (nSPS) is 13.7. The van der Waals surface area contributed by atoms with Crippen LogP contribution in [0.5, 0.6) is 0 Å². The maximum atomic E-state index is 12.5. The second kappa shape index (κ2) is 19.4. The Kier molecular flexibility index (Phi) is 15.6. The fourth-order valence-corrected chi connectivity index (χ4v) is 9.33. The van der Waals surface area contributed by atoms with Crippen LogP contribution in [0.25, 0.3) is 21.4 Å². The van der Waals surface area contributed by atoms with Crippen LogP contribution in [0.2, 0.25) is 0 Å². The monoisotopic (exact) mass is 864 g/mol. The zero-order chi connectivity index (χ0) is 36.3. The fraction of sp³-hybridized carbons (Fsp3) is 0.276. The molecule has 0 atom stereocenters. The van der Waals surface area contributed by atoms with E-state index in [9.17, 15) is 18.0 Å². The average Bonchev–Trinajstić information content (AvgIpc) is 3.42. The molecule has 0 saturated heterocycles. The maximum absolute atomic E-state index is 12.5. The van der Waals surface area contributed by atoms with Crippen LogP contribution in [-0.4, -0.2) is 82.4 Å². The van der Waals surface area contributed by atoms with Crippen LogP contribution >= 0.6 is 61.5 Å². The Hall–Kier alpha value is -2.46. The molecule has 266 valence electrons. The number of aliphatic imine (C=N–C) groups is 1. The van der Waals surface area contributed by atoms with Crippen molar-refractivity contribution in [2.45, 2.75) is 19.4 Å². The molecule has 0 spiro atoms. The number of isothiocyanates is 1. The number of thiocarbonyl (C=S) groups is 2. The Balaban J connectivity index is 1.59. The van der Waals surface area contributed by atoms with Crippen LogP contribution in [0.1, 0.15) is 23.0 Å². The Bertz CT molecular complexity index is 1940. The minimum atomic E-state index is -4.05. The number of allylic oxidation sites excluding steroid dienone is 2. The van der Waals surface area contributed by atoms with Gasteiger partial charge in [0.15, 0.2) is 24.5 Å². The molecule has 0 unspecified atom stereocenters. The molecule has 4 rings (SSSR count). The van der Waals surface area contributed by atoms with Crippen molar-refractivity contribution in [2.75, 3.05) is 38.0 Å². The van der Waals surface area contributed by atoms with E-state index in [0.717, 1.165) is 31.1 Å². The standard InChI is InChI=1S/C29H29N5O9S6Se/c1-40-42-47-31-24(35)15-33(16-25(36)32-48-43-41-2)20-8-5-18(6-9-20)27-28(45)21(29(27)46)14-26-34(11-3-4-12-49(37,38)39)22-10-7-19(30-17-44)13-23(22)50-26/h5-10,13-14H,3-4,11-12,15-16H2,1-2H3,(H3-,31,32,35,36,37,38,39,45,46)/p+1. The molecule has 0 saturated carbocycles. The summed E-state index contributed by atoms with van der Waals surface area (Å²) in [6.45, 7) is 0.181. The summed E-state index contributed by atoms with van der Waals surface area (Å²) in [5, 5.41) is 2.39. The molecule has 2 amide bonds. The van der Waals surface area contributed by atoms with Crippen molar-refractivity contribution >= 4 is 141 Å². The van der Waals surface area contributed by atoms with Crippen molar-refractivity contribution in [3.8, 4) is 0 Å². The SMILES string of the molecule is COOSNC(=O)CN(CC(=O)NSOOC)c1ccc(C2=C(S)C(=Cc3[se]c4cc(N=C=S)ccc4[n+]3CCCCS(=O)(=O)O)C2=S)cc1. The van der Waals surface area contributed by atoms with E-state index in [0.29, 0.717) is 65.0 Å². The first kappa shape index (κ1) is 40.3. The van der Waals surface area contributed by atoms with Crippen LogP contribution in [0.4, 0.5) is 11.4 Å². The molecular formula is C29H30N5O9S6Se+. The summed E-state index contributed by atoms with van der Waals surface area (Å²) in [5.74, 6) is -1.19. The fourth-order valence-electron chi connectivity index (χ4n) is 4.74. The second-order valence-corrected chi connectivity index (χ2v) is 16.0. The average molecular weight is 864 g/mol. The van der Waals surface area contributed by atoms with Gasteiger partial charge in [-0.15, -0.1) is 8.67 Å². The molecule has 0 radical (unpaired) electrons. The van der Waals surface area contributed by atoms with Crippen molar-refractivity contribution in [1.29, 1.82) is 0 Å². The third kappa shape index (κ3) is 11.3. The zero-order valence-electron chi connectivity index (χ0n) is 26.3. The van der Waals surface area contributed by atoms with Gasteiger partial charge in [-0.25, -0.2) is 9.78 Å². The molecule has 1 aliphatic carbocycles. The van der Waals surface area contributed by atoms with E-state index < -0.39 is 21.9 Å². The van der Waals surface area contributed by atoms with Crippen molar-refractivity contribution in [3.63, 3.8) is 0 Å². The molecule has 2 aromatic carbocycles. The van der Waals surface area contributed by atoms with Gasteiger partial charge in [-0.1, -0.05) is 0 Å². The molecule has 21 heteroatoms.